The normalized spacial score (nSPS) is 11.2. The summed E-state index contributed by atoms with van der Waals surface area (Å²) in [5.74, 6) is -1.34. The minimum atomic E-state index is -4.08. The van der Waals surface area contributed by atoms with Gasteiger partial charge in [0.2, 0.25) is 5.91 Å². The maximum absolute atomic E-state index is 14.1. The number of benzene rings is 3. The Balaban J connectivity index is 1.99. The van der Waals surface area contributed by atoms with Gasteiger partial charge in [0.25, 0.3) is 10.0 Å². The third kappa shape index (κ3) is 5.00. The van der Waals surface area contributed by atoms with Crippen LogP contribution in [0, 0.1) is 12.7 Å². The summed E-state index contributed by atoms with van der Waals surface area (Å²) >= 11 is 9.23. The predicted molar refractivity (Wildman–Crippen MR) is 120 cm³/mol. The van der Waals surface area contributed by atoms with Crippen LogP contribution >= 0.6 is 27.5 Å². The molecule has 3 rings (SSSR count). The highest BCUT2D eigenvalue weighted by Gasteiger charge is 2.28. The number of rotatable bonds is 6. The smallest absolute Gasteiger partial charge is 0.264 e. The summed E-state index contributed by atoms with van der Waals surface area (Å²) in [5, 5.41) is 2.74. The van der Waals surface area contributed by atoms with E-state index in [9.17, 15) is 17.6 Å². The standard InChI is InChI=1S/C21H17BrClFN2O3S/c1-14-7-9-16(23)12-20(14)26(30(28,29)17-5-3-2-4-6-17)13-21(27)25-19-10-8-15(22)11-18(19)24/h2-12H,13H2,1H3,(H,25,27). The van der Waals surface area contributed by atoms with Gasteiger partial charge in [0, 0.05) is 9.50 Å². The summed E-state index contributed by atoms with van der Waals surface area (Å²) in [6.45, 7) is 1.15. The van der Waals surface area contributed by atoms with E-state index in [2.05, 4.69) is 21.2 Å². The molecule has 3 aromatic carbocycles. The molecule has 0 aliphatic carbocycles. The zero-order valence-electron chi connectivity index (χ0n) is 15.8. The minimum Gasteiger partial charge on any atom is -0.322 e. The molecule has 30 heavy (non-hydrogen) atoms. The molecule has 0 fully saturated rings. The van der Waals surface area contributed by atoms with Gasteiger partial charge in [-0.3, -0.25) is 9.10 Å². The summed E-state index contributed by atoms with van der Waals surface area (Å²) in [5.41, 5.74) is 0.822. The molecule has 0 radical (unpaired) electrons. The number of carbonyl (C=O) groups excluding carboxylic acids is 1. The van der Waals surface area contributed by atoms with Crippen molar-refractivity contribution >= 4 is 54.8 Å². The highest BCUT2D eigenvalue weighted by atomic mass is 79.9. The number of halogens is 3. The third-order valence-electron chi connectivity index (χ3n) is 4.26. The Bertz CT molecular complexity index is 1190. The number of nitrogens with one attached hydrogen (secondary N) is 1. The number of sulfonamides is 1. The Morgan fingerprint density at radius 3 is 2.47 bits per heavy atom. The van der Waals surface area contributed by atoms with Crippen LogP contribution in [0.15, 0.2) is 76.1 Å². The molecule has 0 aliphatic rings. The molecule has 0 spiro atoms. The number of nitrogens with zero attached hydrogens (tertiary/aromatic N) is 1. The average molecular weight is 512 g/mol. The van der Waals surface area contributed by atoms with Crippen LogP contribution in [0.2, 0.25) is 5.02 Å². The molecule has 156 valence electrons. The van der Waals surface area contributed by atoms with Gasteiger partial charge in [-0.05, 0) is 55.0 Å². The highest BCUT2D eigenvalue weighted by molar-refractivity contribution is 9.10. The summed E-state index contributed by atoms with van der Waals surface area (Å²) in [4.78, 5) is 12.7. The summed E-state index contributed by atoms with van der Waals surface area (Å²) < 4.78 is 42.2. The first kappa shape index (κ1) is 22.3. The number of carbonyl (C=O) groups is 1. The quantitative estimate of drug-likeness (QED) is 0.483. The minimum absolute atomic E-state index is 0.0204. The van der Waals surface area contributed by atoms with Crippen molar-refractivity contribution in [3.8, 4) is 0 Å². The van der Waals surface area contributed by atoms with E-state index in [1.54, 1.807) is 43.3 Å². The monoisotopic (exact) mass is 510 g/mol. The zero-order chi connectivity index (χ0) is 21.9. The van der Waals surface area contributed by atoms with Gasteiger partial charge >= 0.3 is 0 Å². The maximum atomic E-state index is 14.1. The van der Waals surface area contributed by atoms with E-state index in [4.69, 9.17) is 11.6 Å². The van der Waals surface area contributed by atoms with Crippen LogP contribution < -0.4 is 9.62 Å². The molecular formula is C21H17BrClFN2O3S. The molecule has 0 atom stereocenters. The second-order valence-electron chi connectivity index (χ2n) is 6.43. The van der Waals surface area contributed by atoms with Crippen molar-refractivity contribution in [3.63, 3.8) is 0 Å². The van der Waals surface area contributed by atoms with Gasteiger partial charge < -0.3 is 5.32 Å². The topological polar surface area (TPSA) is 66.5 Å². The van der Waals surface area contributed by atoms with Gasteiger partial charge in [-0.15, -0.1) is 0 Å². The molecule has 1 N–H and O–H groups in total. The Hall–Kier alpha value is -2.42. The van der Waals surface area contributed by atoms with Crippen molar-refractivity contribution in [2.24, 2.45) is 0 Å². The molecule has 0 aliphatic heterocycles. The number of hydrogen-bond donors (Lipinski definition) is 1. The lowest BCUT2D eigenvalue weighted by Gasteiger charge is -2.26. The molecule has 0 aromatic heterocycles. The van der Waals surface area contributed by atoms with Crippen molar-refractivity contribution in [3.05, 3.63) is 87.6 Å². The highest BCUT2D eigenvalue weighted by Crippen LogP contribution is 2.29. The van der Waals surface area contributed by atoms with Crippen LogP contribution in [0.25, 0.3) is 0 Å². The van der Waals surface area contributed by atoms with E-state index in [0.717, 1.165) is 4.31 Å². The lowest BCUT2D eigenvalue weighted by molar-refractivity contribution is -0.114. The Kier molecular flexibility index (Phi) is 6.80. The first-order valence-corrected chi connectivity index (χ1v) is 11.4. The molecule has 0 heterocycles. The summed E-state index contributed by atoms with van der Waals surface area (Å²) in [6.07, 6.45) is 0. The fourth-order valence-corrected chi connectivity index (χ4v) is 4.78. The van der Waals surface area contributed by atoms with E-state index in [1.807, 2.05) is 0 Å². The van der Waals surface area contributed by atoms with Gasteiger partial charge in [0.1, 0.15) is 12.4 Å². The van der Waals surface area contributed by atoms with Crippen molar-refractivity contribution in [2.75, 3.05) is 16.2 Å². The zero-order valence-corrected chi connectivity index (χ0v) is 18.9. The molecule has 0 bridgehead atoms. The van der Waals surface area contributed by atoms with E-state index >= 15 is 0 Å². The van der Waals surface area contributed by atoms with E-state index < -0.39 is 28.3 Å². The van der Waals surface area contributed by atoms with Crippen molar-refractivity contribution < 1.29 is 17.6 Å². The third-order valence-corrected chi connectivity index (χ3v) is 6.77. The second-order valence-corrected chi connectivity index (χ2v) is 9.64. The fourth-order valence-electron chi connectivity index (χ4n) is 2.78. The Labute approximate surface area is 187 Å². The second kappa shape index (κ2) is 9.16. The molecule has 1 amide bonds. The lowest BCUT2D eigenvalue weighted by atomic mass is 10.2. The lowest BCUT2D eigenvalue weighted by Crippen LogP contribution is -2.38. The molecule has 0 saturated heterocycles. The number of anilines is 2. The van der Waals surface area contributed by atoms with Crippen LogP contribution in [-0.4, -0.2) is 20.9 Å². The van der Waals surface area contributed by atoms with Gasteiger partial charge in [0.05, 0.1) is 16.3 Å². The SMILES string of the molecule is Cc1ccc(Cl)cc1N(CC(=O)Nc1ccc(Br)cc1F)S(=O)(=O)c1ccccc1. The Morgan fingerprint density at radius 2 is 1.80 bits per heavy atom. The number of aryl methyl sites for hydroxylation is 1. The van der Waals surface area contributed by atoms with Crippen molar-refractivity contribution in [2.45, 2.75) is 11.8 Å². The Morgan fingerprint density at radius 1 is 1.10 bits per heavy atom. The number of hydrogen-bond acceptors (Lipinski definition) is 3. The summed E-state index contributed by atoms with van der Waals surface area (Å²) in [6, 6.07) is 16.7. The van der Waals surface area contributed by atoms with Gasteiger partial charge in [0.15, 0.2) is 0 Å². The van der Waals surface area contributed by atoms with Gasteiger partial charge in [-0.1, -0.05) is 51.8 Å². The molecule has 0 unspecified atom stereocenters. The maximum Gasteiger partial charge on any atom is 0.264 e. The van der Waals surface area contributed by atoms with Crippen molar-refractivity contribution in [1.29, 1.82) is 0 Å². The predicted octanol–water partition coefficient (Wildman–Crippen LogP) is 5.38. The van der Waals surface area contributed by atoms with Crippen LogP contribution in [0.3, 0.4) is 0 Å². The van der Waals surface area contributed by atoms with Crippen molar-refractivity contribution in [1.82, 2.24) is 0 Å². The van der Waals surface area contributed by atoms with E-state index in [-0.39, 0.29) is 16.3 Å². The van der Waals surface area contributed by atoms with Gasteiger partial charge in [-0.25, -0.2) is 12.8 Å². The molecule has 0 saturated carbocycles. The van der Waals surface area contributed by atoms with Crippen LogP contribution in [0.5, 0.6) is 0 Å². The fraction of sp³-hybridized carbons (Fsp3) is 0.0952. The van der Waals surface area contributed by atoms with Crippen LogP contribution in [0.4, 0.5) is 15.8 Å². The van der Waals surface area contributed by atoms with Crippen LogP contribution in [-0.2, 0) is 14.8 Å². The number of amides is 1. The first-order valence-electron chi connectivity index (χ1n) is 8.77. The molecule has 5 nitrogen and oxygen atoms in total. The molecular weight excluding hydrogens is 495 g/mol. The van der Waals surface area contributed by atoms with E-state index in [0.29, 0.717) is 15.1 Å². The molecule has 3 aromatic rings. The van der Waals surface area contributed by atoms with Crippen LogP contribution in [0.1, 0.15) is 5.56 Å². The summed E-state index contributed by atoms with van der Waals surface area (Å²) in [7, 11) is -4.08. The first-order chi connectivity index (χ1) is 14.2. The molecule has 9 heteroatoms. The average Bonchev–Trinajstić information content (AvgIpc) is 2.71. The van der Waals surface area contributed by atoms with E-state index in [1.165, 1.54) is 30.3 Å². The van der Waals surface area contributed by atoms with Gasteiger partial charge in [-0.2, -0.15) is 0 Å². The largest absolute Gasteiger partial charge is 0.322 e.